The summed E-state index contributed by atoms with van der Waals surface area (Å²) in [4.78, 5) is 12.8. The highest BCUT2D eigenvalue weighted by molar-refractivity contribution is 7.80. The van der Waals surface area contributed by atoms with Crippen LogP contribution in [-0.4, -0.2) is 24.1 Å². The SMILES string of the molecule is Cc1ccc(NC(=O)C2(C(N)=S)CCOCC2)c(Cl)c1. The molecule has 1 heterocycles. The molecular formula is C14H17ClN2O2S. The first-order valence-corrected chi connectivity index (χ1v) is 7.19. The number of halogens is 1. The lowest BCUT2D eigenvalue weighted by molar-refractivity contribution is -0.126. The van der Waals surface area contributed by atoms with E-state index in [9.17, 15) is 4.79 Å². The summed E-state index contributed by atoms with van der Waals surface area (Å²) in [6, 6.07) is 5.47. The molecule has 0 atom stereocenters. The van der Waals surface area contributed by atoms with Crippen LogP contribution < -0.4 is 11.1 Å². The van der Waals surface area contributed by atoms with Gasteiger partial charge in [0.1, 0.15) is 5.41 Å². The molecule has 2 rings (SSSR count). The fourth-order valence-corrected chi connectivity index (χ4v) is 2.85. The van der Waals surface area contributed by atoms with Gasteiger partial charge in [0.2, 0.25) is 5.91 Å². The van der Waals surface area contributed by atoms with Crippen molar-refractivity contribution in [3.63, 3.8) is 0 Å². The highest BCUT2D eigenvalue weighted by Crippen LogP contribution is 2.33. The Bertz CT molecular complexity index is 542. The number of amides is 1. The third kappa shape index (κ3) is 2.95. The molecule has 1 aliphatic rings. The van der Waals surface area contributed by atoms with Crippen molar-refractivity contribution in [3.05, 3.63) is 28.8 Å². The molecule has 0 aromatic heterocycles. The normalized spacial score (nSPS) is 17.5. The average Bonchev–Trinajstić information content (AvgIpc) is 2.42. The van der Waals surface area contributed by atoms with E-state index in [1.807, 2.05) is 13.0 Å². The Kier molecular flexibility index (Phi) is 4.62. The van der Waals surface area contributed by atoms with E-state index < -0.39 is 5.41 Å². The molecular weight excluding hydrogens is 296 g/mol. The van der Waals surface area contributed by atoms with E-state index in [0.717, 1.165) is 5.56 Å². The highest BCUT2D eigenvalue weighted by atomic mass is 35.5. The molecule has 1 aromatic carbocycles. The van der Waals surface area contributed by atoms with Crippen LogP contribution in [0.1, 0.15) is 18.4 Å². The number of nitrogens with two attached hydrogens (primary N) is 1. The Morgan fingerprint density at radius 3 is 2.65 bits per heavy atom. The third-order valence-electron chi connectivity index (χ3n) is 3.63. The first-order chi connectivity index (χ1) is 9.45. The molecule has 1 fully saturated rings. The van der Waals surface area contributed by atoms with E-state index in [-0.39, 0.29) is 10.9 Å². The molecule has 0 unspecified atom stereocenters. The number of anilines is 1. The van der Waals surface area contributed by atoms with Crippen LogP contribution in [0.3, 0.4) is 0 Å². The van der Waals surface area contributed by atoms with Gasteiger partial charge in [-0.2, -0.15) is 0 Å². The van der Waals surface area contributed by atoms with Crippen LogP contribution in [0.25, 0.3) is 0 Å². The number of ether oxygens (including phenoxy) is 1. The van der Waals surface area contributed by atoms with Crippen molar-refractivity contribution in [1.82, 2.24) is 0 Å². The summed E-state index contributed by atoms with van der Waals surface area (Å²) in [6.07, 6.45) is 0.995. The molecule has 0 spiro atoms. The fourth-order valence-electron chi connectivity index (χ4n) is 2.27. The van der Waals surface area contributed by atoms with Gasteiger partial charge >= 0.3 is 0 Å². The van der Waals surface area contributed by atoms with Crippen molar-refractivity contribution >= 4 is 40.4 Å². The highest BCUT2D eigenvalue weighted by Gasteiger charge is 2.43. The topological polar surface area (TPSA) is 64.4 Å². The quantitative estimate of drug-likeness (QED) is 0.842. The molecule has 0 bridgehead atoms. The lowest BCUT2D eigenvalue weighted by atomic mass is 9.79. The van der Waals surface area contributed by atoms with E-state index in [1.54, 1.807) is 12.1 Å². The summed E-state index contributed by atoms with van der Waals surface area (Å²) in [6.45, 7) is 2.89. The fraction of sp³-hybridized carbons (Fsp3) is 0.429. The molecule has 108 valence electrons. The first-order valence-electron chi connectivity index (χ1n) is 6.41. The van der Waals surface area contributed by atoms with E-state index in [2.05, 4.69) is 5.32 Å². The number of rotatable bonds is 3. The number of carbonyl (C=O) groups is 1. The van der Waals surface area contributed by atoms with Crippen LogP contribution in [0.5, 0.6) is 0 Å². The monoisotopic (exact) mass is 312 g/mol. The minimum Gasteiger partial charge on any atom is -0.392 e. The maximum atomic E-state index is 12.6. The summed E-state index contributed by atoms with van der Waals surface area (Å²) >= 11 is 11.2. The second-order valence-corrected chi connectivity index (χ2v) is 5.84. The summed E-state index contributed by atoms with van der Waals surface area (Å²) in [5.74, 6) is -0.209. The molecule has 1 amide bonds. The minimum atomic E-state index is -0.845. The van der Waals surface area contributed by atoms with Gasteiger partial charge in [0, 0.05) is 13.2 Å². The van der Waals surface area contributed by atoms with Crippen LogP contribution >= 0.6 is 23.8 Å². The molecule has 3 N–H and O–H groups in total. The van der Waals surface area contributed by atoms with Gasteiger partial charge in [-0.05, 0) is 37.5 Å². The first kappa shape index (κ1) is 15.2. The van der Waals surface area contributed by atoms with Gasteiger partial charge < -0.3 is 15.8 Å². The molecule has 0 aliphatic carbocycles. The molecule has 0 saturated carbocycles. The molecule has 6 heteroatoms. The van der Waals surface area contributed by atoms with Crippen LogP contribution in [0.4, 0.5) is 5.69 Å². The van der Waals surface area contributed by atoms with Crippen LogP contribution in [0, 0.1) is 12.3 Å². The van der Waals surface area contributed by atoms with Gasteiger partial charge in [0.05, 0.1) is 15.7 Å². The Morgan fingerprint density at radius 2 is 2.10 bits per heavy atom. The Labute approximate surface area is 128 Å². The Morgan fingerprint density at radius 1 is 1.45 bits per heavy atom. The number of carbonyl (C=O) groups excluding carboxylic acids is 1. The third-order valence-corrected chi connectivity index (χ3v) is 4.33. The van der Waals surface area contributed by atoms with Gasteiger partial charge in [0.25, 0.3) is 0 Å². The predicted octanol–water partition coefficient (Wildman–Crippen LogP) is 2.67. The average molecular weight is 313 g/mol. The van der Waals surface area contributed by atoms with E-state index in [1.165, 1.54) is 0 Å². The zero-order valence-corrected chi connectivity index (χ0v) is 12.8. The van der Waals surface area contributed by atoms with Crippen molar-refractivity contribution in [2.75, 3.05) is 18.5 Å². The van der Waals surface area contributed by atoms with E-state index >= 15 is 0 Å². The van der Waals surface area contributed by atoms with Gasteiger partial charge in [-0.15, -0.1) is 0 Å². The standard InChI is InChI=1S/C14H17ClN2O2S/c1-9-2-3-11(10(15)8-9)17-13(18)14(12(16)20)4-6-19-7-5-14/h2-3,8H,4-7H2,1H3,(H2,16,20)(H,17,18). The second-order valence-electron chi connectivity index (χ2n) is 5.00. The number of benzene rings is 1. The lowest BCUT2D eigenvalue weighted by Gasteiger charge is -2.34. The predicted molar refractivity (Wildman–Crippen MR) is 84.1 cm³/mol. The molecule has 1 aliphatic heterocycles. The molecule has 20 heavy (non-hydrogen) atoms. The molecule has 0 radical (unpaired) electrons. The largest absolute Gasteiger partial charge is 0.392 e. The van der Waals surface area contributed by atoms with Gasteiger partial charge in [-0.3, -0.25) is 4.79 Å². The zero-order valence-electron chi connectivity index (χ0n) is 11.2. The van der Waals surface area contributed by atoms with Crippen molar-refractivity contribution in [1.29, 1.82) is 0 Å². The number of aryl methyl sites for hydroxylation is 1. The minimum absolute atomic E-state index is 0.209. The van der Waals surface area contributed by atoms with Crippen LogP contribution in [0.2, 0.25) is 5.02 Å². The van der Waals surface area contributed by atoms with Crippen LogP contribution in [-0.2, 0) is 9.53 Å². The number of hydrogen-bond acceptors (Lipinski definition) is 3. The van der Waals surface area contributed by atoms with Crippen molar-refractivity contribution in [3.8, 4) is 0 Å². The smallest absolute Gasteiger partial charge is 0.237 e. The van der Waals surface area contributed by atoms with Crippen molar-refractivity contribution < 1.29 is 9.53 Å². The van der Waals surface area contributed by atoms with Crippen LogP contribution in [0.15, 0.2) is 18.2 Å². The summed E-state index contributed by atoms with van der Waals surface area (Å²) in [7, 11) is 0. The molecule has 1 aromatic rings. The van der Waals surface area contributed by atoms with Gasteiger partial charge in [-0.25, -0.2) is 0 Å². The van der Waals surface area contributed by atoms with Crippen molar-refractivity contribution in [2.45, 2.75) is 19.8 Å². The summed E-state index contributed by atoms with van der Waals surface area (Å²) < 4.78 is 5.29. The second kappa shape index (κ2) is 6.08. The maximum Gasteiger partial charge on any atom is 0.237 e. The number of hydrogen-bond donors (Lipinski definition) is 2. The summed E-state index contributed by atoms with van der Waals surface area (Å²) in [5, 5.41) is 3.34. The van der Waals surface area contributed by atoms with Gasteiger partial charge in [0.15, 0.2) is 0 Å². The molecule has 4 nitrogen and oxygen atoms in total. The van der Waals surface area contributed by atoms with E-state index in [4.69, 9.17) is 34.3 Å². The Balaban J connectivity index is 2.22. The number of thiocarbonyl (C=S) groups is 1. The maximum absolute atomic E-state index is 12.6. The Hall–Kier alpha value is -1.17. The number of nitrogens with one attached hydrogen (secondary N) is 1. The van der Waals surface area contributed by atoms with E-state index in [0.29, 0.717) is 36.8 Å². The zero-order chi connectivity index (χ0) is 14.8. The van der Waals surface area contributed by atoms with Crippen molar-refractivity contribution in [2.24, 2.45) is 11.1 Å². The van der Waals surface area contributed by atoms with Gasteiger partial charge in [-0.1, -0.05) is 29.9 Å². The summed E-state index contributed by atoms with van der Waals surface area (Å²) in [5.41, 5.74) is 6.56. The molecule has 1 saturated heterocycles. The lowest BCUT2D eigenvalue weighted by Crippen LogP contribution is -2.49.